The number of ether oxygens (including phenoxy) is 1. The molecule has 2 atom stereocenters. The predicted molar refractivity (Wildman–Crippen MR) is 98.6 cm³/mol. The van der Waals surface area contributed by atoms with E-state index in [1.54, 1.807) is 0 Å². The van der Waals surface area contributed by atoms with Crippen LogP contribution in [-0.2, 0) is 16.0 Å². The molecular formula is C19H27NO3Si. The van der Waals surface area contributed by atoms with Crippen LogP contribution in [0.2, 0.25) is 25.7 Å². The third kappa shape index (κ3) is 5.06. The molecule has 0 N–H and O–H groups in total. The van der Waals surface area contributed by atoms with E-state index in [2.05, 4.69) is 25.7 Å². The van der Waals surface area contributed by atoms with Crippen molar-refractivity contribution in [1.82, 2.24) is 4.90 Å². The molecular weight excluding hydrogens is 318 g/mol. The first-order valence-corrected chi connectivity index (χ1v) is 12.2. The molecule has 2 rings (SSSR count). The Morgan fingerprint density at radius 3 is 2.62 bits per heavy atom. The van der Waals surface area contributed by atoms with E-state index in [0.29, 0.717) is 6.42 Å². The molecule has 1 aromatic rings. The fraction of sp³-hybridized carbons (Fsp3) is 0.474. The molecule has 1 saturated heterocycles. The molecule has 1 fully saturated rings. The van der Waals surface area contributed by atoms with E-state index in [1.165, 1.54) is 4.90 Å². The van der Waals surface area contributed by atoms with Gasteiger partial charge in [-0.15, -0.1) is 0 Å². The SMILES string of the molecule is C[C@H](C=CC[Si](C)(C)C)C(=O)N1C(=O)OC[C@H]1Cc1ccccc1. The van der Waals surface area contributed by atoms with Gasteiger partial charge in [0.25, 0.3) is 0 Å². The Bertz CT molecular complexity index is 607. The monoisotopic (exact) mass is 345 g/mol. The second kappa shape index (κ2) is 7.79. The minimum atomic E-state index is -1.17. The zero-order chi connectivity index (χ0) is 17.7. The van der Waals surface area contributed by atoms with Gasteiger partial charge in [0.15, 0.2) is 0 Å². The molecule has 0 spiro atoms. The van der Waals surface area contributed by atoms with Crippen LogP contribution >= 0.6 is 0 Å². The molecule has 0 saturated carbocycles. The summed E-state index contributed by atoms with van der Waals surface area (Å²) in [6.45, 7) is 8.98. The van der Waals surface area contributed by atoms with E-state index in [1.807, 2.05) is 43.3 Å². The summed E-state index contributed by atoms with van der Waals surface area (Å²) in [6.07, 6.45) is 4.11. The molecule has 0 unspecified atom stereocenters. The fourth-order valence-electron chi connectivity index (χ4n) is 2.69. The summed E-state index contributed by atoms with van der Waals surface area (Å²) in [5, 5.41) is 0. The average molecular weight is 346 g/mol. The Morgan fingerprint density at radius 2 is 2.00 bits per heavy atom. The predicted octanol–water partition coefficient (Wildman–Crippen LogP) is 4.11. The van der Waals surface area contributed by atoms with Crippen LogP contribution < -0.4 is 0 Å². The van der Waals surface area contributed by atoms with E-state index < -0.39 is 14.2 Å². The van der Waals surface area contributed by atoms with E-state index in [4.69, 9.17) is 4.74 Å². The van der Waals surface area contributed by atoms with E-state index >= 15 is 0 Å². The first-order valence-electron chi connectivity index (χ1n) is 8.48. The van der Waals surface area contributed by atoms with Crippen LogP contribution in [0.25, 0.3) is 0 Å². The second-order valence-corrected chi connectivity index (χ2v) is 13.1. The molecule has 130 valence electrons. The van der Waals surface area contributed by atoms with Crippen molar-refractivity contribution in [2.45, 2.75) is 45.1 Å². The van der Waals surface area contributed by atoms with E-state index in [-0.39, 0.29) is 24.5 Å². The number of amides is 2. The maximum Gasteiger partial charge on any atom is 0.417 e. The van der Waals surface area contributed by atoms with Crippen molar-refractivity contribution < 1.29 is 14.3 Å². The van der Waals surface area contributed by atoms with Crippen molar-refractivity contribution in [1.29, 1.82) is 0 Å². The van der Waals surface area contributed by atoms with Gasteiger partial charge in [-0.25, -0.2) is 9.69 Å². The van der Waals surface area contributed by atoms with Crippen LogP contribution in [0.3, 0.4) is 0 Å². The summed E-state index contributed by atoms with van der Waals surface area (Å²) in [5.74, 6) is -0.490. The quantitative estimate of drug-likeness (QED) is 0.576. The van der Waals surface area contributed by atoms with Crippen molar-refractivity contribution in [2.75, 3.05) is 6.61 Å². The number of allylic oxidation sites excluding steroid dienone is 1. The zero-order valence-electron chi connectivity index (χ0n) is 15.0. The van der Waals surface area contributed by atoms with E-state index in [0.717, 1.165) is 11.6 Å². The Morgan fingerprint density at radius 1 is 1.33 bits per heavy atom. The lowest BCUT2D eigenvalue weighted by atomic mass is 10.0. The maximum absolute atomic E-state index is 12.7. The first-order chi connectivity index (χ1) is 11.3. The van der Waals surface area contributed by atoms with Gasteiger partial charge in [-0.1, -0.05) is 69.0 Å². The highest BCUT2D eigenvalue weighted by atomic mass is 28.3. The standard InChI is InChI=1S/C19H27NO3Si/c1-15(9-8-12-24(2,3)4)18(21)20-17(14-23-19(20)22)13-16-10-6-5-7-11-16/h5-11,15,17H,12-14H2,1-4H3/t15-,17-/m1/s1. The van der Waals surface area contributed by atoms with Crippen LogP contribution in [0.1, 0.15) is 12.5 Å². The number of imide groups is 1. The number of nitrogens with zero attached hydrogens (tertiary/aromatic N) is 1. The van der Waals surface area contributed by atoms with Gasteiger partial charge in [0.2, 0.25) is 5.91 Å². The summed E-state index contributed by atoms with van der Waals surface area (Å²) in [7, 11) is -1.17. The highest BCUT2D eigenvalue weighted by Crippen LogP contribution is 2.21. The van der Waals surface area contributed by atoms with Crippen LogP contribution in [-0.4, -0.2) is 37.6 Å². The Hall–Kier alpha value is -1.88. The number of hydrogen-bond acceptors (Lipinski definition) is 3. The van der Waals surface area contributed by atoms with Gasteiger partial charge in [0.1, 0.15) is 6.61 Å². The number of hydrogen-bond donors (Lipinski definition) is 0. The fourth-order valence-corrected chi connectivity index (χ4v) is 3.54. The molecule has 1 aromatic carbocycles. The number of carbonyl (C=O) groups is 2. The second-order valence-electron chi connectivity index (χ2n) is 7.61. The number of rotatable bonds is 6. The van der Waals surface area contributed by atoms with Gasteiger partial charge in [0, 0.05) is 8.07 Å². The topological polar surface area (TPSA) is 46.6 Å². The zero-order valence-corrected chi connectivity index (χ0v) is 16.0. The smallest absolute Gasteiger partial charge is 0.417 e. The lowest BCUT2D eigenvalue weighted by Gasteiger charge is -2.22. The summed E-state index contributed by atoms with van der Waals surface area (Å²) >= 11 is 0. The number of benzene rings is 1. The molecule has 1 aliphatic rings. The van der Waals surface area contributed by atoms with Crippen molar-refractivity contribution >= 4 is 20.1 Å². The van der Waals surface area contributed by atoms with Gasteiger partial charge >= 0.3 is 6.09 Å². The molecule has 0 aliphatic carbocycles. The summed E-state index contributed by atoms with van der Waals surface area (Å²) in [5.41, 5.74) is 1.10. The van der Waals surface area contributed by atoms with Gasteiger partial charge in [0.05, 0.1) is 12.0 Å². The minimum absolute atomic E-state index is 0.176. The molecule has 2 amide bonds. The molecule has 1 heterocycles. The summed E-state index contributed by atoms with van der Waals surface area (Å²) < 4.78 is 5.13. The van der Waals surface area contributed by atoms with Crippen LogP contribution in [0.5, 0.6) is 0 Å². The van der Waals surface area contributed by atoms with E-state index in [9.17, 15) is 9.59 Å². The molecule has 5 heteroatoms. The Labute approximate surface area is 145 Å². The maximum atomic E-state index is 12.7. The molecule has 0 aromatic heterocycles. The third-order valence-electron chi connectivity index (χ3n) is 4.06. The van der Waals surface area contributed by atoms with Gasteiger partial charge < -0.3 is 4.74 Å². The third-order valence-corrected chi connectivity index (χ3v) is 5.52. The van der Waals surface area contributed by atoms with Crippen molar-refractivity contribution in [3.8, 4) is 0 Å². The lowest BCUT2D eigenvalue weighted by Crippen LogP contribution is -2.42. The minimum Gasteiger partial charge on any atom is -0.447 e. The van der Waals surface area contributed by atoms with Crippen LogP contribution in [0.4, 0.5) is 4.79 Å². The largest absolute Gasteiger partial charge is 0.447 e. The summed E-state index contributed by atoms with van der Waals surface area (Å²) in [6, 6.07) is 10.7. The molecule has 4 nitrogen and oxygen atoms in total. The first kappa shape index (κ1) is 18.5. The molecule has 1 aliphatic heterocycles. The lowest BCUT2D eigenvalue weighted by molar-refractivity contribution is -0.131. The van der Waals surface area contributed by atoms with Crippen molar-refractivity contribution in [3.05, 3.63) is 48.0 Å². The highest BCUT2D eigenvalue weighted by Gasteiger charge is 2.39. The van der Waals surface area contributed by atoms with Gasteiger partial charge in [-0.3, -0.25) is 4.79 Å². The highest BCUT2D eigenvalue weighted by molar-refractivity contribution is 6.76. The van der Waals surface area contributed by atoms with Crippen LogP contribution in [0, 0.1) is 5.92 Å². The van der Waals surface area contributed by atoms with Crippen molar-refractivity contribution in [3.63, 3.8) is 0 Å². The number of carbonyl (C=O) groups excluding carboxylic acids is 2. The van der Waals surface area contributed by atoms with Gasteiger partial charge in [-0.05, 0) is 18.0 Å². The van der Waals surface area contributed by atoms with Crippen LogP contribution in [0.15, 0.2) is 42.5 Å². The summed E-state index contributed by atoms with van der Waals surface area (Å²) in [4.78, 5) is 26.0. The Balaban J connectivity index is 2.03. The van der Waals surface area contributed by atoms with Gasteiger partial charge in [-0.2, -0.15) is 0 Å². The molecule has 0 radical (unpaired) electrons. The molecule has 24 heavy (non-hydrogen) atoms. The normalized spacial score (nSPS) is 19.6. The molecule has 0 bridgehead atoms. The van der Waals surface area contributed by atoms with Crippen molar-refractivity contribution in [2.24, 2.45) is 5.92 Å². The average Bonchev–Trinajstić information content (AvgIpc) is 2.87. The number of cyclic esters (lactones) is 1. The Kier molecular flexibility index (Phi) is 5.99.